The molecule has 0 saturated carbocycles. The molecule has 0 fully saturated rings. The van der Waals surface area contributed by atoms with E-state index < -0.39 is 63.5 Å². The number of pyridine rings is 1. The van der Waals surface area contributed by atoms with E-state index in [0.29, 0.717) is 19.4 Å². The summed E-state index contributed by atoms with van der Waals surface area (Å²) < 4.78 is 25.7. The van der Waals surface area contributed by atoms with Gasteiger partial charge in [-0.1, -0.05) is 64.4 Å². The molecule has 1 heterocycles. The largest absolute Gasteiger partial charge is 0.390 e. The number of hydrogen-bond acceptors (Lipinski definition) is 8. The summed E-state index contributed by atoms with van der Waals surface area (Å²) in [6.07, 6.45) is 0.705. The highest BCUT2D eigenvalue weighted by Crippen LogP contribution is 2.16. The number of hydrogen-bond donors (Lipinski definition) is 5. The van der Waals surface area contributed by atoms with Gasteiger partial charge in [-0.05, 0) is 36.5 Å². The van der Waals surface area contributed by atoms with E-state index in [1.165, 1.54) is 31.5 Å². The van der Waals surface area contributed by atoms with Crippen LogP contribution < -0.4 is 16.0 Å². The van der Waals surface area contributed by atoms with Crippen molar-refractivity contribution in [1.29, 1.82) is 0 Å². The molecule has 0 saturated heterocycles. The highest BCUT2D eigenvalue weighted by Gasteiger charge is 2.36. The van der Waals surface area contributed by atoms with Crippen molar-refractivity contribution in [2.24, 2.45) is 11.8 Å². The Morgan fingerprint density at radius 2 is 1.62 bits per heavy atom. The quantitative estimate of drug-likeness (QED) is 0.179. The van der Waals surface area contributed by atoms with Crippen molar-refractivity contribution >= 4 is 27.6 Å². The van der Waals surface area contributed by atoms with Crippen LogP contribution in [0.25, 0.3) is 0 Å². The molecular formula is C30H44N4O7S. The summed E-state index contributed by atoms with van der Waals surface area (Å²) in [5, 5.41) is 30.1. The number of aliphatic hydroxyl groups excluding tert-OH is 2. The summed E-state index contributed by atoms with van der Waals surface area (Å²) in [6.45, 7) is 7.55. The highest BCUT2D eigenvalue weighted by molar-refractivity contribution is 7.91. The third-order valence-electron chi connectivity index (χ3n) is 6.77. The first-order valence-electron chi connectivity index (χ1n) is 14.2. The number of carbonyl (C=O) groups is 3. The van der Waals surface area contributed by atoms with Crippen LogP contribution in [0.3, 0.4) is 0 Å². The van der Waals surface area contributed by atoms with Gasteiger partial charge in [0.15, 0.2) is 9.84 Å². The zero-order chi connectivity index (χ0) is 31.3. The molecule has 1 aromatic heterocycles. The molecule has 11 nitrogen and oxygen atoms in total. The highest BCUT2D eigenvalue weighted by atomic mass is 32.2. The first kappa shape index (κ1) is 34.8. The summed E-state index contributed by atoms with van der Waals surface area (Å²) in [7, 11) is -3.74. The first-order valence-corrected chi connectivity index (χ1v) is 16.1. The lowest BCUT2D eigenvalue weighted by molar-refractivity contribution is -0.132. The summed E-state index contributed by atoms with van der Waals surface area (Å²) in [4.78, 5) is 43.0. The predicted molar refractivity (Wildman–Crippen MR) is 160 cm³/mol. The number of nitrogens with zero attached hydrogens (tertiary/aromatic N) is 1. The molecule has 42 heavy (non-hydrogen) atoms. The second-order valence-electron chi connectivity index (χ2n) is 10.9. The van der Waals surface area contributed by atoms with Crippen molar-refractivity contribution in [2.75, 3.05) is 18.1 Å². The monoisotopic (exact) mass is 604 g/mol. The maximum atomic E-state index is 13.6. The molecule has 2 aromatic rings. The molecule has 1 unspecified atom stereocenters. The smallest absolute Gasteiger partial charge is 0.253 e. The second-order valence-corrected chi connectivity index (χ2v) is 13.2. The van der Waals surface area contributed by atoms with Crippen LogP contribution in [0.1, 0.15) is 56.5 Å². The van der Waals surface area contributed by atoms with E-state index in [9.17, 15) is 33.0 Å². The molecule has 0 aliphatic carbocycles. The Morgan fingerprint density at radius 1 is 0.929 bits per heavy atom. The van der Waals surface area contributed by atoms with Gasteiger partial charge < -0.3 is 26.2 Å². The Morgan fingerprint density at radius 3 is 2.21 bits per heavy atom. The molecule has 2 rings (SSSR count). The molecule has 5 atom stereocenters. The number of amides is 3. The van der Waals surface area contributed by atoms with Gasteiger partial charge in [-0.25, -0.2) is 8.42 Å². The minimum Gasteiger partial charge on any atom is -0.390 e. The zero-order valence-electron chi connectivity index (χ0n) is 24.7. The van der Waals surface area contributed by atoms with Crippen molar-refractivity contribution in [1.82, 2.24) is 20.9 Å². The topological polar surface area (TPSA) is 175 Å². The summed E-state index contributed by atoms with van der Waals surface area (Å²) >= 11 is 0. The Bertz CT molecular complexity index is 1240. The van der Waals surface area contributed by atoms with Crippen LogP contribution in [0.15, 0.2) is 54.9 Å². The lowest BCUT2D eigenvalue weighted by atomic mass is 9.90. The van der Waals surface area contributed by atoms with Crippen molar-refractivity contribution in [3.05, 3.63) is 66.0 Å². The van der Waals surface area contributed by atoms with Gasteiger partial charge in [0.05, 0.1) is 35.1 Å². The van der Waals surface area contributed by atoms with Crippen LogP contribution >= 0.6 is 0 Å². The molecule has 1 aromatic carbocycles. The fraction of sp³-hybridized carbons (Fsp3) is 0.533. The molecule has 0 bridgehead atoms. The van der Waals surface area contributed by atoms with E-state index in [-0.39, 0.29) is 23.7 Å². The van der Waals surface area contributed by atoms with Gasteiger partial charge in [-0.2, -0.15) is 0 Å². The van der Waals surface area contributed by atoms with Crippen LogP contribution in [-0.4, -0.2) is 83.7 Å². The van der Waals surface area contributed by atoms with Crippen LogP contribution in [0, 0.1) is 11.8 Å². The number of benzene rings is 1. The van der Waals surface area contributed by atoms with Crippen LogP contribution in [0.5, 0.6) is 0 Å². The summed E-state index contributed by atoms with van der Waals surface area (Å²) in [5.41, 5.74) is 0.858. The fourth-order valence-electron chi connectivity index (χ4n) is 4.19. The molecule has 0 aliphatic rings. The lowest BCUT2D eigenvalue weighted by Crippen LogP contribution is -2.58. The van der Waals surface area contributed by atoms with E-state index in [0.717, 1.165) is 5.56 Å². The molecule has 5 N–H and O–H groups in total. The molecule has 0 radical (unpaired) electrons. The minimum atomic E-state index is -3.74. The number of aliphatic hydroxyl groups is 2. The second kappa shape index (κ2) is 16.9. The van der Waals surface area contributed by atoms with Crippen LogP contribution in [0.2, 0.25) is 0 Å². The number of carbonyl (C=O) groups excluding carboxylic acids is 3. The lowest BCUT2D eigenvalue weighted by Gasteiger charge is -2.32. The molecule has 0 aliphatic heterocycles. The van der Waals surface area contributed by atoms with Crippen molar-refractivity contribution in [2.45, 2.75) is 71.2 Å². The average Bonchev–Trinajstić information content (AvgIpc) is 2.97. The number of aromatic nitrogens is 1. The number of nitrogens with one attached hydrogen (secondary N) is 3. The van der Waals surface area contributed by atoms with Crippen LogP contribution in [0.4, 0.5) is 0 Å². The Kier molecular flexibility index (Phi) is 14.1. The normalized spacial score (nSPS) is 15.2. The Balaban J connectivity index is 2.33. The van der Waals surface area contributed by atoms with Crippen LogP contribution in [-0.2, 0) is 25.8 Å². The van der Waals surface area contributed by atoms with Gasteiger partial charge in [-0.3, -0.25) is 19.4 Å². The van der Waals surface area contributed by atoms with Crippen molar-refractivity contribution < 1.29 is 33.0 Å². The van der Waals surface area contributed by atoms with Gasteiger partial charge in [0.1, 0.15) is 12.1 Å². The van der Waals surface area contributed by atoms with E-state index >= 15 is 0 Å². The summed E-state index contributed by atoms with van der Waals surface area (Å²) in [6, 6.07) is 9.30. The molecular weight excluding hydrogens is 560 g/mol. The number of unbranched alkanes of at least 4 members (excludes halogenated alkanes) is 1. The maximum Gasteiger partial charge on any atom is 0.253 e. The van der Waals surface area contributed by atoms with Gasteiger partial charge in [-0.15, -0.1) is 0 Å². The van der Waals surface area contributed by atoms with E-state index in [1.54, 1.807) is 30.3 Å². The fourth-order valence-corrected chi connectivity index (χ4v) is 5.82. The van der Waals surface area contributed by atoms with Gasteiger partial charge in [0.2, 0.25) is 11.8 Å². The standard InChI is InChI=1S/C30H44N4O7S/c1-5-6-15-42(40,41)19-25(34-29(38)23-13-10-14-31-18-23)30(39)33-24(16-22-11-8-7-9-12-22)27(36)26(35)21(4)28(37)32-17-20(2)3/h7-14,18,20-21,24-27,35-36H,5-6,15-17,19H2,1-4H3,(H,32,37)(H,33,39)(H,34,38)/t21-,24+,25?,26-,27-/m1/s1. The Hall–Kier alpha value is -3.35. The SMILES string of the molecule is CCCCS(=O)(=O)CC(NC(=O)c1cccnc1)C(=O)N[C@@H](Cc1ccccc1)[C@@H](O)[C@H](O)[C@@H](C)C(=O)NCC(C)C. The van der Waals surface area contributed by atoms with Crippen molar-refractivity contribution in [3.63, 3.8) is 0 Å². The maximum absolute atomic E-state index is 13.6. The third kappa shape index (κ3) is 11.5. The van der Waals surface area contributed by atoms with Gasteiger partial charge >= 0.3 is 0 Å². The van der Waals surface area contributed by atoms with Crippen molar-refractivity contribution in [3.8, 4) is 0 Å². The zero-order valence-corrected chi connectivity index (χ0v) is 25.5. The average molecular weight is 605 g/mol. The third-order valence-corrected chi connectivity index (χ3v) is 8.53. The van der Waals surface area contributed by atoms with E-state index in [2.05, 4.69) is 20.9 Å². The van der Waals surface area contributed by atoms with Gasteiger partial charge in [0.25, 0.3) is 5.91 Å². The number of rotatable bonds is 17. The Labute approximate surface area is 248 Å². The van der Waals surface area contributed by atoms with Gasteiger partial charge in [0, 0.05) is 18.9 Å². The predicted octanol–water partition coefficient (Wildman–Crippen LogP) is 1.25. The summed E-state index contributed by atoms with van der Waals surface area (Å²) in [5.74, 6) is -3.64. The molecule has 3 amide bonds. The van der Waals surface area contributed by atoms with E-state index in [1.807, 2.05) is 20.8 Å². The molecule has 232 valence electrons. The first-order chi connectivity index (χ1) is 19.8. The minimum absolute atomic E-state index is 0.0665. The van der Waals surface area contributed by atoms with E-state index in [4.69, 9.17) is 0 Å². The molecule has 12 heteroatoms. The molecule has 0 spiro atoms. The number of sulfone groups is 1.